The van der Waals surface area contributed by atoms with E-state index in [9.17, 15) is 0 Å². The van der Waals surface area contributed by atoms with Crippen LogP contribution in [0.2, 0.25) is 0 Å². The molecule has 0 saturated carbocycles. The molecule has 2 aromatic carbocycles. The third kappa shape index (κ3) is 6.26. The first kappa shape index (κ1) is 19.7. The van der Waals surface area contributed by atoms with E-state index in [4.69, 9.17) is 9.47 Å². The van der Waals surface area contributed by atoms with Crippen molar-refractivity contribution in [2.75, 3.05) is 32.8 Å². The smallest absolute Gasteiger partial charge is 0.122 e. The summed E-state index contributed by atoms with van der Waals surface area (Å²) in [4.78, 5) is 0. The van der Waals surface area contributed by atoms with Crippen LogP contribution in [0.25, 0.3) is 0 Å². The van der Waals surface area contributed by atoms with Gasteiger partial charge < -0.3 is 20.1 Å². The van der Waals surface area contributed by atoms with Crippen LogP contribution >= 0.6 is 0 Å². The fraction of sp³-hybridized carbons (Fsp3) is 0.478. The second-order valence-corrected chi connectivity index (χ2v) is 7.45. The summed E-state index contributed by atoms with van der Waals surface area (Å²) in [5.41, 5.74) is 2.32. The molecule has 3 rings (SSSR count). The highest BCUT2D eigenvalue weighted by atomic mass is 16.5. The highest BCUT2D eigenvalue weighted by molar-refractivity contribution is 5.32. The van der Waals surface area contributed by atoms with Gasteiger partial charge in [-0.1, -0.05) is 36.4 Å². The van der Waals surface area contributed by atoms with Gasteiger partial charge in [-0.05, 0) is 75.5 Å². The summed E-state index contributed by atoms with van der Waals surface area (Å²) in [7, 11) is 0. The summed E-state index contributed by atoms with van der Waals surface area (Å²) in [6, 6.07) is 16.5. The second kappa shape index (κ2) is 10.3. The van der Waals surface area contributed by atoms with Gasteiger partial charge in [0.1, 0.15) is 24.7 Å². The molecule has 1 aliphatic heterocycles. The zero-order valence-corrected chi connectivity index (χ0v) is 16.5. The van der Waals surface area contributed by atoms with E-state index in [0.29, 0.717) is 13.2 Å². The monoisotopic (exact) mass is 368 g/mol. The summed E-state index contributed by atoms with van der Waals surface area (Å²) < 4.78 is 12.2. The number of piperidine rings is 1. The summed E-state index contributed by atoms with van der Waals surface area (Å²) in [5.74, 6) is 2.62. The number of aryl methyl sites for hydroxylation is 2. The first-order valence-corrected chi connectivity index (χ1v) is 10.0. The van der Waals surface area contributed by atoms with Gasteiger partial charge in [-0.25, -0.2) is 0 Å². The Morgan fingerprint density at radius 1 is 0.889 bits per heavy atom. The van der Waals surface area contributed by atoms with Crippen LogP contribution in [0.4, 0.5) is 0 Å². The minimum atomic E-state index is 0.152. The molecule has 0 amide bonds. The number of hydrogen-bond acceptors (Lipinski definition) is 4. The maximum atomic E-state index is 6.10. The van der Waals surface area contributed by atoms with Gasteiger partial charge in [-0.2, -0.15) is 0 Å². The summed E-state index contributed by atoms with van der Waals surface area (Å²) in [6.07, 6.45) is 2.47. The van der Waals surface area contributed by atoms with Gasteiger partial charge in [-0.3, -0.25) is 0 Å². The lowest BCUT2D eigenvalue weighted by atomic mass is 9.98. The van der Waals surface area contributed by atoms with Crippen LogP contribution in [0.1, 0.15) is 24.0 Å². The topological polar surface area (TPSA) is 42.5 Å². The van der Waals surface area contributed by atoms with Crippen molar-refractivity contribution in [2.45, 2.75) is 32.7 Å². The molecule has 0 aromatic heterocycles. The molecule has 146 valence electrons. The zero-order chi connectivity index (χ0) is 18.9. The van der Waals surface area contributed by atoms with Gasteiger partial charge in [0.2, 0.25) is 0 Å². The van der Waals surface area contributed by atoms with Crippen molar-refractivity contribution in [1.82, 2.24) is 10.6 Å². The Morgan fingerprint density at radius 2 is 1.41 bits per heavy atom. The second-order valence-electron chi connectivity index (χ2n) is 7.45. The third-order valence-electron chi connectivity index (χ3n) is 5.22. The van der Waals surface area contributed by atoms with E-state index in [1.54, 1.807) is 0 Å². The number of benzene rings is 2. The van der Waals surface area contributed by atoms with Crippen LogP contribution in [-0.4, -0.2) is 38.9 Å². The molecule has 4 nitrogen and oxygen atoms in total. The molecule has 27 heavy (non-hydrogen) atoms. The normalized spacial score (nSPS) is 15.1. The number of rotatable bonds is 9. The van der Waals surface area contributed by atoms with E-state index < -0.39 is 0 Å². The Kier molecular flexibility index (Phi) is 7.55. The molecule has 0 unspecified atom stereocenters. The maximum absolute atomic E-state index is 6.10. The van der Waals surface area contributed by atoms with Crippen molar-refractivity contribution in [3.8, 4) is 11.5 Å². The Labute approximate surface area is 163 Å². The lowest BCUT2D eigenvalue weighted by Gasteiger charge is -2.26. The maximum Gasteiger partial charge on any atom is 0.122 e. The van der Waals surface area contributed by atoms with Crippen molar-refractivity contribution >= 4 is 0 Å². The lowest BCUT2D eigenvalue weighted by molar-refractivity contribution is 0.187. The molecule has 0 spiro atoms. The minimum absolute atomic E-state index is 0.152. The molecule has 0 aliphatic carbocycles. The summed E-state index contributed by atoms with van der Waals surface area (Å²) >= 11 is 0. The standard InChI is InChI=1S/C23H32N2O2/c1-18-7-3-5-9-22(18)26-16-21(25-15-20-11-13-24-14-12-20)17-27-23-10-6-4-8-19(23)2/h3-10,20-21,24-25H,11-17H2,1-2H3. The molecule has 1 aliphatic rings. The van der Waals surface area contributed by atoms with Crippen molar-refractivity contribution in [3.05, 3.63) is 59.7 Å². The largest absolute Gasteiger partial charge is 0.492 e. The number of nitrogens with one attached hydrogen (secondary N) is 2. The van der Waals surface area contributed by atoms with Gasteiger partial charge >= 0.3 is 0 Å². The average Bonchev–Trinajstić information content (AvgIpc) is 2.70. The molecule has 2 N–H and O–H groups in total. The van der Waals surface area contributed by atoms with Crippen LogP contribution in [0.15, 0.2) is 48.5 Å². The van der Waals surface area contributed by atoms with Crippen molar-refractivity contribution < 1.29 is 9.47 Å². The number of hydrogen-bond donors (Lipinski definition) is 2. The molecule has 4 heteroatoms. The minimum Gasteiger partial charge on any atom is -0.492 e. The summed E-state index contributed by atoms with van der Waals surface area (Å²) in [6.45, 7) is 8.62. The van der Waals surface area contributed by atoms with Crippen molar-refractivity contribution in [1.29, 1.82) is 0 Å². The Hall–Kier alpha value is -2.04. The fourth-order valence-corrected chi connectivity index (χ4v) is 3.40. The molecular weight excluding hydrogens is 336 g/mol. The number of para-hydroxylation sites is 2. The van der Waals surface area contributed by atoms with Crippen LogP contribution < -0.4 is 20.1 Å². The SMILES string of the molecule is Cc1ccccc1OCC(COc1ccccc1C)NCC1CCNCC1. The van der Waals surface area contributed by atoms with Gasteiger partial charge in [0.05, 0.1) is 6.04 Å². The molecule has 0 radical (unpaired) electrons. The van der Waals surface area contributed by atoms with Gasteiger partial charge in [0.25, 0.3) is 0 Å². The van der Waals surface area contributed by atoms with E-state index in [2.05, 4.69) is 36.6 Å². The van der Waals surface area contributed by atoms with Crippen LogP contribution in [0.5, 0.6) is 11.5 Å². The van der Waals surface area contributed by atoms with E-state index >= 15 is 0 Å². The Balaban J connectivity index is 1.56. The quantitative estimate of drug-likeness (QED) is 0.708. The molecule has 0 atom stereocenters. The van der Waals surface area contributed by atoms with E-state index in [-0.39, 0.29) is 6.04 Å². The van der Waals surface area contributed by atoms with Crippen LogP contribution in [0.3, 0.4) is 0 Å². The van der Waals surface area contributed by atoms with Crippen LogP contribution in [-0.2, 0) is 0 Å². The first-order chi connectivity index (χ1) is 13.2. The predicted octanol–water partition coefficient (Wildman–Crippen LogP) is 3.72. The highest BCUT2D eigenvalue weighted by Crippen LogP contribution is 2.18. The molecular formula is C23H32N2O2. The van der Waals surface area contributed by atoms with Gasteiger partial charge in [0.15, 0.2) is 0 Å². The van der Waals surface area contributed by atoms with E-state index in [0.717, 1.165) is 48.2 Å². The highest BCUT2D eigenvalue weighted by Gasteiger charge is 2.17. The first-order valence-electron chi connectivity index (χ1n) is 10.0. The zero-order valence-electron chi connectivity index (χ0n) is 16.5. The van der Waals surface area contributed by atoms with E-state index in [1.807, 2.05) is 36.4 Å². The van der Waals surface area contributed by atoms with Gasteiger partial charge in [-0.15, -0.1) is 0 Å². The number of ether oxygens (including phenoxy) is 2. The molecule has 1 fully saturated rings. The average molecular weight is 369 g/mol. The van der Waals surface area contributed by atoms with Crippen molar-refractivity contribution in [2.24, 2.45) is 5.92 Å². The molecule has 1 saturated heterocycles. The van der Waals surface area contributed by atoms with Crippen molar-refractivity contribution in [3.63, 3.8) is 0 Å². The third-order valence-corrected chi connectivity index (χ3v) is 5.22. The van der Waals surface area contributed by atoms with E-state index in [1.165, 1.54) is 12.8 Å². The Morgan fingerprint density at radius 3 is 1.93 bits per heavy atom. The molecule has 0 bridgehead atoms. The Bertz CT molecular complexity index is 649. The summed E-state index contributed by atoms with van der Waals surface area (Å²) in [5, 5.41) is 7.12. The molecule has 1 heterocycles. The lowest BCUT2D eigenvalue weighted by Crippen LogP contribution is -2.43. The van der Waals surface area contributed by atoms with Crippen LogP contribution in [0, 0.1) is 19.8 Å². The predicted molar refractivity (Wildman–Crippen MR) is 111 cm³/mol. The molecule has 2 aromatic rings. The van der Waals surface area contributed by atoms with Gasteiger partial charge in [0, 0.05) is 0 Å². The fourth-order valence-electron chi connectivity index (χ4n) is 3.40.